The summed E-state index contributed by atoms with van der Waals surface area (Å²) >= 11 is 0. The molecule has 5 nitrogen and oxygen atoms in total. The SMILES string of the molecule is COCCCN(CCC(=O)Nc1cccc(C)c1)C(C)=O. The van der Waals surface area contributed by atoms with Gasteiger partial charge in [0.2, 0.25) is 11.8 Å². The van der Waals surface area contributed by atoms with Gasteiger partial charge >= 0.3 is 0 Å². The lowest BCUT2D eigenvalue weighted by atomic mass is 10.2. The zero-order valence-electron chi connectivity index (χ0n) is 13.0. The predicted octanol–water partition coefficient (Wildman–Crippen LogP) is 2.21. The Morgan fingerprint density at radius 1 is 1.29 bits per heavy atom. The number of aryl methyl sites for hydroxylation is 1. The lowest BCUT2D eigenvalue weighted by molar-refractivity contribution is -0.129. The van der Waals surface area contributed by atoms with E-state index in [9.17, 15) is 9.59 Å². The number of nitrogens with zero attached hydrogens (tertiary/aromatic N) is 1. The summed E-state index contributed by atoms with van der Waals surface area (Å²) in [4.78, 5) is 25.1. The summed E-state index contributed by atoms with van der Waals surface area (Å²) < 4.78 is 4.97. The van der Waals surface area contributed by atoms with Crippen LogP contribution in [-0.4, -0.2) is 43.5 Å². The molecule has 0 unspecified atom stereocenters. The number of amides is 2. The van der Waals surface area contributed by atoms with E-state index in [2.05, 4.69) is 5.32 Å². The molecule has 0 aromatic heterocycles. The molecule has 2 amide bonds. The third-order valence-electron chi connectivity index (χ3n) is 3.13. The quantitative estimate of drug-likeness (QED) is 0.747. The standard InChI is InChI=1S/C16H24N2O3/c1-13-6-4-7-15(12-13)17-16(20)8-10-18(14(2)19)9-5-11-21-3/h4,6-7,12H,5,8-11H2,1-3H3,(H,17,20). The molecule has 0 aliphatic heterocycles. The van der Waals surface area contributed by atoms with Gasteiger partial charge in [-0.25, -0.2) is 0 Å². The van der Waals surface area contributed by atoms with Gasteiger partial charge in [0, 0.05) is 45.8 Å². The van der Waals surface area contributed by atoms with Crippen molar-refractivity contribution in [3.8, 4) is 0 Å². The van der Waals surface area contributed by atoms with Crippen LogP contribution in [0.15, 0.2) is 24.3 Å². The van der Waals surface area contributed by atoms with Crippen molar-refractivity contribution in [3.05, 3.63) is 29.8 Å². The minimum Gasteiger partial charge on any atom is -0.385 e. The van der Waals surface area contributed by atoms with E-state index in [1.165, 1.54) is 6.92 Å². The first-order valence-electron chi connectivity index (χ1n) is 7.14. The zero-order chi connectivity index (χ0) is 15.7. The number of ether oxygens (including phenoxy) is 1. The Kier molecular flexibility index (Phi) is 7.46. The van der Waals surface area contributed by atoms with Crippen LogP contribution in [0.3, 0.4) is 0 Å². The summed E-state index contributed by atoms with van der Waals surface area (Å²) in [5.74, 6) is -0.104. The van der Waals surface area contributed by atoms with Crippen LogP contribution in [0.25, 0.3) is 0 Å². The first-order chi connectivity index (χ1) is 10.0. The summed E-state index contributed by atoms with van der Waals surface area (Å²) in [5.41, 5.74) is 1.88. The smallest absolute Gasteiger partial charge is 0.226 e. The van der Waals surface area contributed by atoms with Crippen molar-refractivity contribution in [2.45, 2.75) is 26.7 Å². The Hall–Kier alpha value is -1.88. The van der Waals surface area contributed by atoms with Crippen molar-refractivity contribution in [3.63, 3.8) is 0 Å². The van der Waals surface area contributed by atoms with Crippen molar-refractivity contribution in [1.82, 2.24) is 4.90 Å². The number of methoxy groups -OCH3 is 1. The molecular formula is C16H24N2O3. The van der Waals surface area contributed by atoms with E-state index in [1.807, 2.05) is 31.2 Å². The maximum atomic E-state index is 11.9. The molecule has 1 aromatic rings. The van der Waals surface area contributed by atoms with Gasteiger partial charge in [-0.3, -0.25) is 9.59 Å². The van der Waals surface area contributed by atoms with E-state index in [4.69, 9.17) is 4.74 Å². The second-order valence-electron chi connectivity index (χ2n) is 5.02. The molecule has 21 heavy (non-hydrogen) atoms. The summed E-state index contributed by atoms with van der Waals surface area (Å²) in [5, 5.41) is 2.84. The van der Waals surface area contributed by atoms with Crippen molar-refractivity contribution >= 4 is 17.5 Å². The van der Waals surface area contributed by atoms with Gasteiger partial charge in [0.1, 0.15) is 0 Å². The average Bonchev–Trinajstić information content (AvgIpc) is 2.42. The lowest BCUT2D eigenvalue weighted by Crippen LogP contribution is -2.33. The van der Waals surface area contributed by atoms with Gasteiger partial charge in [-0.05, 0) is 31.0 Å². The average molecular weight is 292 g/mol. The molecular weight excluding hydrogens is 268 g/mol. The Labute approximate surface area is 126 Å². The van der Waals surface area contributed by atoms with Gasteiger partial charge in [-0.1, -0.05) is 12.1 Å². The van der Waals surface area contributed by atoms with Gasteiger partial charge in [-0.2, -0.15) is 0 Å². The number of benzene rings is 1. The highest BCUT2D eigenvalue weighted by atomic mass is 16.5. The predicted molar refractivity (Wildman–Crippen MR) is 83.2 cm³/mol. The minimum atomic E-state index is -0.0846. The van der Waals surface area contributed by atoms with Crippen LogP contribution in [0.1, 0.15) is 25.3 Å². The summed E-state index contributed by atoms with van der Waals surface area (Å²) in [7, 11) is 1.63. The molecule has 116 valence electrons. The fourth-order valence-corrected chi connectivity index (χ4v) is 2.01. The zero-order valence-corrected chi connectivity index (χ0v) is 13.0. The highest BCUT2D eigenvalue weighted by molar-refractivity contribution is 5.91. The van der Waals surface area contributed by atoms with Crippen molar-refractivity contribution < 1.29 is 14.3 Å². The van der Waals surface area contributed by atoms with Crippen LogP contribution in [0.4, 0.5) is 5.69 Å². The van der Waals surface area contributed by atoms with Gasteiger partial charge < -0.3 is 15.0 Å². The molecule has 0 radical (unpaired) electrons. The second kappa shape index (κ2) is 9.13. The highest BCUT2D eigenvalue weighted by Gasteiger charge is 2.11. The first-order valence-corrected chi connectivity index (χ1v) is 7.14. The number of nitrogens with one attached hydrogen (secondary N) is 1. The number of hydrogen-bond acceptors (Lipinski definition) is 3. The molecule has 0 saturated heterocycles. The van der Waals surface area contributed by atoms with E-state index in [-0.39, 0.29) is 11.8 Å². The molecule has 0 spiro atoms. The fraction of sp³-hybridized carbons (Fsp3) is 0.500. The topological polar surface area (TPSA) is 58.6 Å². The number of carbonyl (C=O) groups is 2. The third-order valence-corrected chi connectivity index (χ3v) is 3.13. The number of anilines is 1. The fourth-order valence-electron chi connectivity index (χ4n) is 2.01. The Morgan fingerprint density at radius 2 is 2.05 bits per heavy atom. The van der Waals surface area contributed by atoms with Crippen LogP contribution < -0.4 is 5.32 Å². The van der Waals surface area contributed by atoms with E-state index in [0.717, 1.165) is 17.7 Å². The largest absolute Gasteiger partial charge is 0.385 e. The van der Waals surface area contributed by atoms with Crippen LogP contribution in [-0.2, 0) is 14.3 Å². The molecule has 0 aliphatic rings. The summed E-state index contributed by atoms with van der Waals surface area (Å²) in [6, 6.07) is 7.64. The molecule has 0 atom stereocenters. The second-order valence-corrected chi connectivity index (χ2v) is 5.02. The summed E-state index contributed by atoms with van der Waals surface area (Å²) in [6.07, 6.45) is 1.07. The first kappa shape index (κ1) is 17.2. The van der Waals surface area contributed by atoms with Crippen molar-refractivity contribution in [2.75, 3.05) is 32.1 Å². The molecule has 0 heterocycles. The van der Waals surface area contributed by atoms with Crippen molar-refractivity contribution in [1.29, 1.82) is 0 Å². The van der Waals surface area contributed by atoms with E-state index in [0.29, 0.717) is 26.1 Å². The van der Waals surface area contributed by atoms with Gasteiger partial charge in [-0.15, -0.1) is 0 Å². The number of carbonyl (C=O) groups excluding carboxylic acids is 2. The van der Waals surface area contributed by atoms with Crippen LogP contribution >= 0.6 is 0 Å². The van der Waals surface area contributed by atoms with Crippen LogP contribution in [0.2, 0.25) is 0 Å². The van der Waals surface area contributed by atoms with Crippen LogP contribution in [0, 0.1) is 6.92 Å². The van der Waals surface area contributed by atoms with Gasteiger partial charge in [0.05, 0.1) is 0 Å². The summed E-state index contributed by atoms with van der Waals surface area (Å²) in [6.45, 7) is 5.14. The molecule has 0 aliphatic carbocycles. The molecule has 1 N–H and O–H groups in total. The van der Waals surface area contributed by atoms with E-state index < -0.39 is 0 Å². The normalized spacial score (nSPS) is 10.2. The van der Waals surface area contributed by atoms with Crippen molar-refractivity contribution in [2.24, 2.45) is 0 Å². The Bertz CT molecular complexity index is 474. The van der Waals surface area contributed by atoms with Gasteiger partial charge in [0.25, 0.3) is 0 Å². The minimum absolute atomic E-state index is 0.0190. The monoisotopic (exact) mass is 292 g/mol. The lowest BCUT2D eigenvalue weighted by Gasteiger charge is -2.20. The maximum absolute atomic E-state index is 11.9. The highest BCUT2D eigenvalue weighted by Crippen LogP contribution is 2.10. The van der Waals surface area contributed by atoms with Crippen LogP contribution in [0.5, 0.6) is 0 Å². The number of hydrogen-bond donors (Lipinski definition) is 1. The molecule has 0 bridgehead atoms. The van der Waals surface area contributed by atoms with E-state index in [1.54, 1.807) is 12.0 Å². The molecule has 0 saturated carbocycles. The van der Waals surface area contributed by atoms with E-state index >= 15 is 0 Å². The molecule has 0 fully saturated rings. The van der Waals surface area contributed by atoms with Gasteiger partial charge in [0.15, 0.2) is 0 Å². The molecule has 1 aromatic carbocycles. The molecule has 5 heteroatoms. The Morgan fingerprint density at radius 3 is 2.67 bits per heavy atom. The third kappa shape index (κ3) is 6.90. The number of rotatable bonds is 8. The molecule has 1 rings (SSSR count). The Balaban J connectivity index is 2.40. The maximum Gasteiger partial charge on any atom is 0.226 e.